The van der Waals surface area contributed by atoms with E-state index in [9.17, 15) is 20.0 Å². The number of cyclic esters (lactones) is 1. The number of hydrogen-bond donors (Lipinski definition) is 1. The molecule has 1 N–H and O–H groups in total. The molecule has 0 spiro atoms. The number of allylic oxidation sites excluding steroid dienone is 3. The van der Waals surface area contributed by atoms with Crippen LogP contribution in [0.2, 0.25) is 0 Å². The molecule has 28 heavy (non-hydrogen) atoms. The van der Waals surface area contributed by atoms with Gasteiger partial charge in [0.15, 0.2) is 6.10 Å². The van der Waals surface area contributed by atoms with Crippen molar-refractivity contribution in [3.05, 3.63) is 23.3 Å². The number of epoxide rings is 1. The Bertz CT molecular complexity index is 775. The largest absolute Gasteiger partial charge is 0.478 e. The van der Waals surface area contributed by atoms with Crippen molar-refractivity contribution in [2.75, 3.05) is 0 Å². The summed E-state index contributed by atoms with van der Waals surface area (Å²) in [6.45, 7) is 4.01. The lowest BCUT2D eigenvalue weighted by atomic mass is 9.45. The van der Waals surface area contributed by atoms with Gasteiger partial charge >= 0.3 is 11.9 Å². The van der Waals surface area contributed by atoms with Crippen LogP contribution in [0.3, 0.4) is 0 Å². The summed E-state index contributed by atoms with van der Waals surface area (Å²) < 4.78 is 4.90. The molecule has 150 valence electrons. The number of nitrogens with zero attached hydrogens (tertiary/aromatic N) is 1. The number of rotatable bonds is 7. The van der Waals surface area contributed by atoms with Crippen molar-refractivity contribution in [2.24, 2.45) is 35.0 Å². The fourth-order valence-corrected chi connectivity index (χ4v) is 6.53. The lowest BCUT2D eigenvalue weighted by Gasteiger charge is -2.60. The smallest absolute Gasteiger partial charge is 0.348 e. The van der Waals surface area contributed by atoms with Crippen LogP contribution >= 0.6 is 0 Å². The molecule has 0 aromatic carbocycles. The van der Waals surface area contributed by atoms with E-state index in [1.165, 1.54) is 19.3 Å². The number of aliphatic carboxylic acids is 1. The first-order chi connectivity index (χ1) is 13.3. The minimum atomic E-state index is -0.905. The molecule has 0 radical (unpaired) electrons. The summed E-state index contributed by atoms with van der Waals surface area (Å²) in [7, 11) is 0. The van der Waals surface area contributed by atoms with Gasteiger partial charge in [-0.2, -0.15) is 5.26 Å². The number of nitriles is 1. The Balaban J connectivity index is 1.66. The van der Waals surface area contributed by atoms with Crippen molar-refractivity contribution in [2.45, 2.75) is 64.9 Å². The van der Waals surface area contributed by atoms with Crippen LogP contribution in [0.5, 0.6) is 0 Å². The number of carboxylic acid groups (broad SMARTS) is 1. The van der Waals surface area contributed by atoms with Gasteiger partial charge in [0.1, 0.15) is 0 Å². The number of hydrogen-bond acceptors (Lipinski definition) is 4. The van der Waals surface area contributed by atoms with Gasteiger partial charge in [-0.1, -0.05) is 19.1 Å². The zero-order valence-electron chi connectivity index (χ0n) is 16.7. The first-order valence-corrected chi connectivity index (χ1v) is 10.6. The SMILES string of the molecule is CC(C#N)=CC(CCC1OC1=O)C(=CC12CC3CC(CC(C3)C1C)C2)C(=O)O. The molecular formula is C23H29NO4. The van der Waals surface area contributed by atoms with Gasteiger partial charge < -0.3 is 9.84 Å². The summed E-state index contributed by atoms with van der Waals surface area (Å²) in [6, 6.07) is 2.11. The molecule has 5 unspecified atom stereocenters. The first kappa shape index (κ1) is 19.2. The van der Waals surface area contributed by atoms with Gasteiger partial charge in [-0.25, -0.2) is 9.59 Å². The van der Waals surface area contributed by atoms with Crippen LogP contribution in [-0.4, -0.2) is 23.1 Å². The molecule has 0 aromatic rings. The van der Waals surface area contributed by atoms with Gasteiger partial charge in [-0.3, -0.25) is 0 Å². The summed E-state index contributed by atoms with van der Waals surface area (Å²) in [6.07, 6.45) is 10.5. The zero-order valence-corrected chi connectivity index (χ0v) is 16.7. The Labute approximate surface area is 166 Å². The van der Waals surface area contributed by atoms with E-state index in [4.69, 9.17) is 4.74 Å². The topological polar surface area (TPSA) is 90.7 Å². The van der Waals surface area contributed by atoms with Gasteiger partial charge in [0.05, 0.1) is 6.07 Å². The Morgan fingerprint density at radius 3 is 2.54 bits per heavy atom. The molecule has 5 nitrogen and oxygen atoms in total. The highest BCUT2D eigenvalue weighted by atomic mass is 16.6. The van der Waals surface area contributed by atoms with Gasteiger partial charge in [0, 0.05) is 17.1 Å². The van der Waals surface area contributed by atoms with Crippen molar-refractivity contribution in [1.29, 1.82) is 5.26 Å². The maximum Gasteiger partial charge on any atom is 0.348 e. The zero-order chi connectivity index (χ0) is 20.1. The fraction of sp³-hybridized carbons (Fsp3) is 0.696. The predicted molar refractivity (Wildman–Crippen MR) is 103 cm³/mol. The molecule has 1 aliphatic heterocycles. The Hall–Kier alpha value is -2.09. The summed E-state index contributed by atoms with van der Waals surface area (Å²) in [4.78, 5) is 23.5. The van der Waals surface area contributed by atoms with E-state index in [-0.39, 0.29) is 17.3 Å². The summed E-state index contributed by atoms with van der Waals surface area (Å²) in [5, 5.41) is 19.3. The standard InChI is InChI=1S/C23H29NO4/c1-13(12-24)5-17(3-4-20-22(27)28-20)19(21(25)26)11-23-9-15-6-16(10-23)8-18(7-15)14(23)2/h5,11,14-18,20H,3-4,6-10H2,1-2H3,(H,25,26). The number of carbonyl (C=O) groups excluding carboxylic acids is 1. The van der Waals surface area contributed by atoms with E-state index >= 15 is 0 Å². The van der Waals surface area contributed by atoms with Crippen LogP contribution < -0.4 is 0 Å². The Morgan fingerprint density at radius 2 is 2.00 bits per heavy atom. The number of carbonyl (C=O) groups is 2. The highest BCUT2D eigenvalue weighted by Gasteiger charge is 2.54. The third-order valence-corrected chi connectivity index (χ3v) is 7.81. The fourth-order valence-electron chi connectivity index (χ4n) is 6.53. The minimum Gasteiger partial charge on any atom is -0.478 e. The lowest BCUT2D eigenvalue weighted by Crippen LogP contribution is -2.51. The average molecular weight is 383 g/mol. The molecule has 5 rings (SSSR count). The van der Waals surface area contributed by atoms with Crippen LogP contribution in [-0.2, 0) is 14.3 Å². The summed E-state index contributed by atoms with van der Waals surface area (Å²) in [5.74, 6) is 1.19. The normalized spacial score (nSPS) is 40.0. The maximum atomic E-state index is 12.3. The summed E-state index contributed by atoms with van der Waals surface area (Å²) in [5.41, 5.74) is 0.885. The van der Waals surface area contributed by atoms with Crippen molar-refractivity contribution in [1.82, 2.24) is 0 Å². The van der Waals surface area contributed by atoms with E-state index in [0.29, 0.717) is 35.8 Å². The van der Waals surface area contributed by atoms with E-state index in [2.05, 4.69) is 19.1 Å². The third kappa shape index (κ3) is 3.50. The van der Waals surface area contributed by atoms with E-state index in [0.717, 1.165) is 24.7 Å². The molecule has 1 heterocycles. The van der Waals surface area contributed by atoms with Crippen molar-refractivity contribution in [3.8, 4) is 6.07 Å². The van der Waals surface area contributed by atoms with Crippen LogP contribution in [0.15, 0.2) is 23.3 Å². The quantitative estimate of drug-likeness (QED) is 0.403. The summed E-state index contributed by atoms with van der Waals surface area (Å²) >= 11 is 0. The molecule has 4 bridgehead atoms. The van der Waals surface area contributed by atoms with Gasteiger partial charge in [0.2, 0.25) is 0 Å². The van der Waals surface area contributed by atoms with Crippen molar-refractivity contribution in [3.63, 3.8) is 0 Å². The van der Waals surface area contributed by atoms with Gasteiger partial charge in [-0.05, 0) is 81.0 Å². The number of ether oxygens (including phenoxy) is 1. The van der Waals surface area contributed by atoms with E-state index in [1.54, 1.807) is 13.0 Å². The molecule has 0 amide bonds. The molecule has 5 heteroatoms. The molecule has 4 aliphatic carbocycles. The molecule has 1 saturated heterocycles. The predicted octanol–water partition coefficient (Wildman–Crippen LogP) is 4.25. The molecule has 5 atom stereocenters. The number of carboxylic acids is 1. The van der Waals surface area contributed by atoms with Crippen LogP contribution in [0, 0.1) is 46.3 Å². The molecule has 5 aliphatic rings. The van der Waals surface area contributed by atoms with Crippen LogP contribution in [0.25, 0.3) is 0 Å². The minimum absolute atomic E-state index is 0.0268. The second-order valence-electron chi connectivity index (χ2n) is 9.61. The maximum absolute atomic E-state index is 12.3. The Morgan fingerprint density at radius 1 is 1.36 bits per heavy atom. The van der Waals surface area contributed by atoms with Crippen LogP contribution in [0.4, 0.5) is 0 Å². The van der Waals surface area contributed by atoms with Crippen LogP contribution in [0.1, 0.15) is 58.8 Å². The highest BCUT2D eigenvalue weighted by molar-refractivity contribution is 5.88. The molecule has 0 aromatic heterocycles. The second kappa shape index (κ2) is 7.06. The second-order valence-corrected chi connectivity index (χ2v) is 9.61. The van der Waals surface area contributed by atoms with Gasteiger partial charge in [0.25, 0.3) is 0 Å². The third-order valence-electron chi connectivity index (χ3n) is 7.81. The monoisotopic (exact) mass is 383 g/mol. The Kier molecular flexibility index (Phi) is 4.85. The lowest BCUT2D eigenvalue weighted by molar-refractivity contribution is -0.133. The van der Waals surface area contributed by atoms with E-state index < -0.39 is 12.1 Å². The van der Waals surface area contributed by atoms with E-state index in [1.807, 2.05) is 0 Å². The van der Waals surface area contributed by atoms with Crippen molar-refractivity contribution >= 4 is 11.9 Å². The van der Waals surface area contributed by atoms with Crippen molar-refractivity contribution < 1.29 is 19.4 Å². The average Bonchev–Trinajstić information content (AvgIpc) is 3.35. The molecule has 5 fully saturated rings. The first-order valence-electron chi connectivity index (χ1n) is 10.6. The highest BCUT2D eigenvalue weighted by Crippen LogP contribution is 2.63. The molecule has 4 saturated carbocycles. The molecular weight excluding hydrogens is 354 g/mol. The van der Waals surface area contributed by atoms with Gasteiger partial charge in [-0.15, -0.1) is 0 Å².